The van der Waals surface area contributed by atoms with Gasteiger partial charge in [-0.3, -0.25) is 5.22 Å². The second kappa shape index (κ2) is 3.88. The van der Waals surface area contributed by atoms with Gasteiger partial charge in [-0.25, -0.2) is 0 Å². The Kier molecular flexibility index (Phi) is 2.57. The summed E-state index contributed by atoms with van der Waals surface area (Å²) in [6.07, 6.45) is 6.54. The fourth-order valence-electron chi connectivity index (χ4n) is 0.730. The SMILES string of the molecule is N#[N+]N=C1C=CC=CC1=NN=[N-]. The van der Waals surface area contributed by atoms with E-state index in [-0.39, 0.29) is 0 Å². The molecule has 0 heterocycles. The molecule has 0 N–H and O–H groups in total. The fourth-order valence-corrected chi connectivity index (χ4v) is 0.730. The number of hydrogen-bond acceptors (Lipinski definition) is 3. The number of diazo groups is 1. The van der Waals surface area contributed by atoms with Crippen molar-refractivity contribution in [3.05, 3.63) is 34.9 Å². The van der Waals surface area contributed by atoms with Gasteiger partial charge in [0.15, 0.2) is 10.8 Å². The molecule has 6 heteroatoms. The molecule has 0 aromatic carbocycles. The normalized spacial score (nSPS) is 21.2. The Hall–Kier alpha value is -2.16. The summed E-state index contributed by atoms with van der Waals surface area (Å²) < 4.78 is 0. The molecular formula is C6H4N6. The maximum atomic E-state index is 8.14. The van der Waals surface area contributed by atoms with Crippen molar-refractivity contribution in [3.63, 3.8) is 0 Å². The van der Waals surface area contributed by atoms with Crippen LogP contribution in [0.4, 0.5) is 0 Å². The Balaban J connectivity index is 3.02. The zero-order chi connectivity index (χ0) is 8.81. The summed E-state index contributed by atoms with van der Waals surface area (Å²) in [6, 6.07) is 0. The first-order valence-electron chi connectivity index (χ1n) is 3.07. The zero-order valence-corrected chi connectivity index (χ0v) is 5.99. The van der Waals surface area contributed by atoms with E-state index in [1.165, 1.54) is 0 Å². The summed E-state index contributed by atoms with van der Waals surface area (Å²) in [5.74, 6) is 0. The van der Waals surface area contributed by atoms with Gasteiger partial charge in [0.05, 0.1) is 0 Å². The van der Waals surface area contributed by atoms with E-state index in [0.29, 0.717) is 11.4 Å². The average molecular weight is 160 g/mol. The largest absolute Gasteiger partial charge is 0.362 e. The van der Waals surface area contributed by atoms with E-state index in [1.54, 1.807) is 24.3 Å². The lowest BCUT2D eigenvalue weighted by Crippen LogP contribution is -2.09. The van der Waals surface area contributed by atoms with E-state index in [9.17, 15) is 0 Å². The first-order valence-corrected chi connectivity index (χ1v) is 3.07. The predicted octanol–water partition coefficient (Wildman–Crippen LogP) is 1.70. The van der Waals surface area contributed by atoms with Crippen molar-refractivity contribution < 1.29 is 0 Å². The zero-order valence-electron chi connectivity index (χ0n) is 5.99. The van der Waals surface area contributed by atoms with Crippen LogP contribution in [0.25, 0.3) is 10.6 Å². The lowest BCUT2D eigenvalue weighted by Gasteiger charge is -2.02. The maximum Gasteiger partial charge on any atom is 0.339 e. The van der Waals surface area contributed by atoms with Gasteiger partial charge in [-0.1, -0.05) is 18.2 Å². The molecule has 0 aliphatic heterocycles. The second-order valence-electron chi connectivity index (χ2n) is 1.87. The van der Waals surface area contributed by atoms with Crippen molar-refractivity contribution in [2.75, 3.05) is 0 Å². The Morgan fingerprint density at radius 1 is 1.25 bits per heavy atom. The van der Waals surface area contributed by atoms with Crippen LogP contribution in [-0.2, 0) is 0 Å². The highest BCUT2D eigenvalue weighted by molar-refractivity contribution is 6.51. The molecule has 12 heavy (non-hydrogen) atoms. The van der Waals surface area contributed by atoms with Crippen LogP contribution in [0.3, 0.4) is 0 Å². The molecule has 0 bridgehead atoms. The average Bonchev–Trinajstić information content (AvgIpc) is 2.09. The minimum absolute atomic E-state index is 0.331. The molecular weight excluding hydrogens is 156 g/mol. The molecule has 58 valence electrons. The van der Waals surface area contributed by atoms with E-state index < -0.39 is 0 Å². The molecule has 1 rings (SSSR count). The summed E-state index contributed by atoms with van der Waals surface area (Å²) >= 11 is 0. The molecule has 0 unspecified atom stereocenters. The highest BCUT2D eigenvalue weighted by Gasteiger charge is 2.05. The van der Waals surface area contributed by atoms with Crippen molar-refractivity contribution in [3.8, 4) is 0 Å². The van der Waals surface area contributed by atoms with Crippen LogP contribution in [0.15, 0.2) is 39.7 Å². The molecule has 1 aliphatic rings. The van der Waals surface area contributed by atoms with E-state index in [4.69, 9.17) is 10.9 Å². The molecule has 0 fully saturated rings. The lowest BCUT2D eigenvalue weighted by molar-refractivity contribution is 1.22. The van der Waals surface area contributed by atoms with Gasteiger partial charge >= 0.3 is 5.08 Å². The van der Waals surface area contributed by atoms with Crippen molar-refractivity contribution >= 4 is 11.4 Å². The van der Waals surface area contributed by atoms with Crippen LogP contribution in [-0.4, -0.2) is 11.4 Å². The summed E-state index contributed by atoms with van der Waals surface area (Å²) in [7, 11) is 0. The number of nitrogens with zero attached hydrogens (tertiary/aromatic N) is 6. The molecule has 0 aromatic heterocycles. The van der Waals surface area contributed by atoms with Crippen molar-refractivity contribution in [1.29, 1.82) is 5.39 Å². The molecule has 0 spiro atoms. The van der Waals surface area contributed by atoms with Crippen molar-refractivity contribution in [1.82, 2.24) is 0 Å². The van der Waals surface area contributed by atoms with Crippen LogP contribution in [0.2, 0.25) is 0 Å². The van der Waals surface area contributed by atoms with Crippen LogP contribution in [0, 0.1) is 5.39 Å². The molecule has 0 amide bonds. The Bertz CT molecular complexity index is 340. The summed E-state index contributed by atoms with van der Waals surface area (Å²) in [5.41, 5.74) is 8.80. The van der Waals surface area contributed by atoms with Crippen LogP contribution >= 0.6 is 0 Å². The van der Waals surface area contributed by atoms with Gasteiger partial charge in [0.2, 0.25) is 0 Å². The first kappa shape index (κ1) is 7.94. The van der Waals surface area contributed by atoms with Gasteiger partial charge < -0.3 is 10.6 Å². The first-order chi connectivity index (χ1) is 5.88. The highest BCUT2D eigenvalue weighted by Crippen LogP contribution is 1.99. The quantitative estimate of drug-likeness (QED) is 0.248. The molecule has 0 saturated carbocycles. The monoisotopic (exact) mass is 160 g/mol. The third-order valence-corrected chi connectivity index (χ3v) is 1.19. The molecule has 0 atom stereocenters. The van der Waals surface area contributed by atoms with E-state index in [1.807, 2.05) is 0 Å². The minimum Gasteiger partial charge on any atom is -0.362 e. The summed E-state index contributed by atoms with van der Waals surface area (Å²) in [4.78, 5) is 0. The van der Waals surface area contributed by atoms with Gasteiger partial charge in [0.1, 0.15) is 0 Å². The van der Waals surface area contributed by atoms with Crippen LogP contribution in [0.5, 0.6) is 0 Å². The topological polar surface area (TPSA) is 87.5 Å². The molecule has 0 aromatic rings. The van der Waals surface area contributed by atoms with E-state index in [0.717, 1.165) is 0 Å². The Labute approximate surface area is 68.1 Å². The maximum absolute atomic E-state index is 8.14. The predicted molar refractivity (Wildman–Crippen MR) is 44.0 cm³/mol. The molecule has 0 saturated heterocycles. The summed E-state index contributed by atoms with van der Waals surface area (Å²) in [5, 5.41) is 20.0. The van der Waals surface area contributed by atoms with E-state index in [2.05, 4.69) is 20.5 Å². The molecule has 6 nitrogen and oxygen atoms in total. The van der Waals surface area contributed by atoms with Gasteiger partial charge in [-0.2, -0.15) is 0 Å². The second-order valence-corrected chi connectivity index (χ2v) is 1.87. The van der Waals surface area contributed by atoms with Crippen molar-refractivity contribution in [2.24, 2.45) is 15.4 Å². The summed E-state index contributed by atoms with van der Waals surface area (Å²) in [6.45, 7) is 0. The third-order valence-electron chi connectivity index (χ3n) is 1.19. The lowest BCUT2D eigenvalue weighted by atomic mass is 10.1. The molecule has 0 radical (unpaired) electrons. The number of hydrogen-bond donors (Lipinski definition) is 0. The van der Waals surface area contributed by atoms with Gasteiger partial charge in [0, 0.05) is 5.71 Å². The van der Waals surface area contributed by atoms with Gasteiger partial charge in [-0.15, -0.1) is 0 Å². The van der Waals surface area contributed by atoms with Gasteiger partial charge in [0.25, 0.3) is 5.39 Å². The fraction of sp³-hybridized carbons (Fsp3) is 0. The number of rotatable bonds is 1. The minimum atomic E-state index is 0.331. The third kappa shape index (κ3) is 1.67. The molecule has 1 aliphatic carbocycles. The highest BCUT2D eigenvalue weighted by atomic mass is 15.3. The number of allylic oxidation sites excluding steroid dienone is 4. The standard InChI is InChI=1S/C6H4N6/c7-11-9-5-3-1-2-4-6(5)10-12-8/h1-4H. The van der Waals surface area contributed by atoms with Crippen LogP contribution in [0.1, 0.15) is 0 Å². The Morgan fingerprint density at radius 3 is 2.50 bits per heavy atom. The van der Waals surface area contributed by atoms with E-state index >= 15 is 0 Å². The van der Waals surface area contributed by atoms with Crippen LogP contribution < -0.4 is 0 Å². The smallest absolute Gasteiger partial charge is 0.339 e. The Morgan fingerprint density at radius 2 is 1.92 bits per heavy atom. The van der Waals surface area contributed by atoms with Crippen molar-refractivity contribution in [2.45, 2.75) is 0 Å². The van der Waals surface area contributed by atoms with Gasteiger partial charge in [-0.05, 0) is 6.08 Å².